The molecule has 1 aliphatic rings. The van der Waals surface area contributed by atoms with Crippen molar-refractivity contribution in [3.63, 3.8) is 0 Å². The van der Waals surface area contributed by atoms with Gasteiger partial charge >= 0.3 is 124 Å². The first-order chi connectivity index (χ1) is 9.16. The molecule has 1 aliphatic heterocycles. The van der Waals surface area contributed by atoms with Crippen molar-refractivity contribution in [3.8, 4) is 0 Å². The van der Waals surface area contributed by atoms with Crippen LogP contribution in [0.4, 0.5) is 5.69 Å². The van der Waals surface area contributed by atoms with Crippen molar-refractivity contribution in [3.05, 3.63) is 24.3 Å². The average molecular weight is 372 g/mol. The van der Waals surface area contributed by atoms with Gasteiger partial charge in [-0.3, -0.25) is 0 Å². The van der Waals surface area contributed by atoms with Crippen molar-refractivity contribution in [2.24, 2.45) is 0 Å². The van der Waals surface area contributed by atoms with Crippen LogP contribution >= 0.6 is 0 Å². The first-order valence-electron chi connectivity index (χ1n) is 6.97. The van der Waals surface area contributed by atoms with E-state index in [0.717, 1.165) is 25.3 Å². The number of carbonyl (C=O) groups excluding carboxylic acids is 1. The Morgan fingerprint density at radius 1 is 1.09 bits per heavy atom. The summed E-state index contributed by atoms with van der Waals surface area (Å²) in [5.74, 6) is 0.203. The second kappa shape index (κ2) is 11.6. The van der Waals surface area contributed by atoms with E-state index in [1.807, 2.05) is 31.3 Å². The van der Waals surface area contributed by atoms with E-state index in [-0.39, 0.29) is 22.3 Å². The van der Waals surface area contributed by atoms with Crippen LogP contribution in [0, 0.1) is 0 Å². The smallest absolute Gasteiger partial charge is 0.412 e. The van der Waals surface area contributed by atoms with Crippen molar-refractivity contribution in [1.82, 2.24) is 4.90 Å². The van der Waals surface area contributed by atoms with Gasteiger partial charge in [-0.1, -0.05) is 0 Å². The molecule has 0 aliphatic carbocycles. The van der Waals surface area contributed by atoms with E-state index in [1.165, 1.54) is 23.7 Å². The molecule has 0 aromatic heterocycles. The Bertz CT molecular complexity index is 422. The molecule has 1 heterocycles. The maximum absolute atomic E-state index is 12.2. The van der Waals surface area contributed by atoms with Gasteiger partial charge in [0.1, 0.15) is 0 Å². The zero-order chi connectivity index (χ0) is 13.7. The van der Waals surface area contributed by atoms with Gasteiger partial charge in [-0.15, -0.1) is 0 Å². The summed E-state index contributed by atoms with van der Waals surface area (Å²) in [6.07, 6.45) is 4.52. The quantitative estimate of drug-likeness (QED) is 0.621. The van der Waals surface area contributed by atoms with E-state index in [9.17, 15) is 4.79 Å². The summed E-state index contributed by atoms with van der Waals surface area (Å²) in [4.78, 5) is 16.3. The van der Waals surface area contributed by atoms with Gasteiger partial charge in [0.05, 0.1) is 0 Å². The molecule has 1 amide bonds. The predicted molar refractivity (Wildman–Crippen MR) is 91.0 cm³/mol. The van der Waals surface area contributed by atoms with E-state index in [1.54, 1.807) is 4.90 Å². The molecule has 0 atom stereocenters. The first kappa shape index (κ1) is 23.3. The minimum absolute atomic E-state index is 0. The summed E-state index contributed by atoms with van der Waals surface area (Å²) >= 11 is 2.06. The van der Waals surface area contributed by atoms with Crippen LogP contribution in [-0.4, -0.2) is 70.4 Å². The molecule has 6 nitrogen and oxygen atoms in total. The maximum atomic E-state index is 12.2. The van der Waals surface area contributed by atoms with Crippen molar-refractivity contribution >= 4 is 32.5 Å². The summed E-state index contributed by atoms with van der Waals surface area (Å²) in [6, 6.07) is 8.11. The van der Waals surface area contributed by atoms with Gasteiger partial charge < -0.3 is 16.4 Å². The van der Waals surface area contributed by atoms with Crippen molar-refractivity contribution < 1.29 is 21.2 Å². The van der Waals surface area contributed by atoms with Gasteiger partial charge in [0, 0.05) is 0 Å². The molecule has 0 bridgehead atoms. The van der Waals surface area contributed by atoms with Crippen molar-refractivity contribution in [2.45, 2.75) is 25.7 Å². The molecule has 1 fully saturated rings. The number of anilines is 1. The number of hydrogen-bond acceptors (Lipinski definition) is 2. The Morgan fingerprint density at radius 3 is 2.18 bits per heavy atom. The van der Waals surface area contributed by atoms with Gasteiger partial charge in [-0.05, 0) is 0 Å². The molecule has 6 N–H and O–H groups in total. The summed E-state index contributed by atoms with van der Waals surface area (Å²) in [6.45, 7) is 3.21. The molecule has 0 unspecified atom stereocenters. The molecule has 125 valence electrons. The number of carbonyl (C=O) groups is 1. The summed E-state index contributed by atoms with van der Waals surface area (Å²) in [5.41, 5.74) is 0.981. The van der Waals surface area contributed by atoms with Gasteiger partial charge in [-0.2, -0.15) is 0 Å². The fourth-order valence-corrected chi connectivity index (χ4v) is 2.78. The molecule has 0 spiro atoms. The molecule has 7 heteroatoms. The van der Waals surface area contributed by atoms with Crippen molar-refractivity contribution in [1.29, 1.82) is 0 Å². The minimum atomic E-state index is 0. The van der Waals surface area contributed by atoms with Crippen molar-refractivity contribution in [2.75, 3.05) is 31.6 Å². The monoisotopic (exact) mass is 373 g/mol. The molecule has 22 heavy (non-hydrogen) atoms. The molecule has 1 aromatic carbocycles. The second-order valence-corrected chi connectivity index (χ2v) is 6.36. The third-order valence-electron chi connectivity index (χ3n) is 3.72. The number of rotatable bonds is 4. The Morgan fingerprint density at radius 2 is 1.64 bits per heavy atom. The molecule has 1 aromatic rings. The molecular formula is C15H27GeN2O4. The normalized spacial score (nSPS) is 14.1. The maximum Gasteiger partial charge on any atom is -0.412 e. The molecule has 2 rings (SSSR count). The molecular weight excluding hydrogens is 345 g/mol. The van der Waals surface area contributed by atoms with E-state index in [2.05, 4.69) is 21.4 Å². The zero-order valence-electron chi connectivity index (χ0n) is 13.1. The SMILES string of the molecule is CN(C(=O)CCN1CCCCC1)c1cc[c]([Ge])cc1.O.O.O. The molecule has 1 saturated heterocycles. The van der Waals surface area contributed by atoms with Crippen LogP contribution in [0.3, 0.4) is 0 Å². The first-order valence-corrected chi connectivity index (χ1v) is 8.02. The largest absolute Gasteiger partial charge is 0.412 e. The van der Waals surface area contributed by atoms with Gasteiger partial charge in [0.15, 0.2) is 0 Å². The number of piperidine rings is 1. The van der Waals surface area contributed by atoms with E-state index in [0.29, 0.717) is 6.42 Å². The van der Waals surface area contributed by atoms with Crippen LogP contribution in [0.5, 0.6) is 0 Å². The van der Waals surface area contributed by atoms with Crippen LogP contribution in [0.1, 0.15) is 25.7 Å². The van der Waals surface area contributed by atoms with Crippen LogP contribution in [0.25, 0.3) is 0 Å². The van der Waals surface area contributed by atoms with Crippen LogP contribution in [0.15, 0.2) is 24.3 Å². The number of benzene rings is 1. The summed E-state index contributed by atoms with van der Waals surface area (Å²) < 4.78 is 1.22. The Hall–Kier alpha value is -0.927. The van der Waals surface area contributed by atoms with Gasteiger partial charge in [-0.25, -0.2) is 0 Å². The third kappa shape index (κ3) is 6.89. The predicted octanol–water partition coefficient (Wildman–Crippen LogP) is -1.15. The summed E-state index contributed by atoms with van der Waals surface area (Å²) in [5, 5.41) is 0. The number of likely N-dealkylation sites (tertiary alicyclic amines) is 1. The van der Waals surface area contributed by atoms with Gasteiger partial charge in [0.25, 0.3) is 0 Å². The zero-order valence-corrected chi connectivity index (χ0v) is 15.2. The van der Waals surface area contributed by atoms with E-state index < -0.39 is 0 Å². The van der Waals surface area contributed by atoms with Crippen LogP contribution in [0.2, 0.25) is 0 Å². The van der Waals surface area contributed by atoms with Gasteiger partial charge in [0.2, 0.25) is 0 Å². The number of hydrogen-bond donors (Lipinski definition) is 0. The van der Waals surface area contributed by atoms with E-state index >= 15 is 0 Å². The molecule has 3 radical (unpaired) electrons. The number of nitrogens with zero attached hydrogens (tertiary/aromatic N) is 2. The van der Waals surface area contributed by atoms with Crippen LogP contribution in [-0.2, 0) is 4.79 Å². The third-order valence-corrected chi connectivity index (χ3v) is 4.42. The average Bonchev–Trinajstić information content (AvgIpc) is 2.46. The molecule has 0 saturated carbocycles. The standard InChI is InChI=1S/C15H21GeN2O.3H2O/c1-17(14-7-5-13(16)6-8-14)15(19)9-12-18-10-3-2-4-11-18;;;/h5-8H,2-4,9-12H2,1H3;3*1H2. The Balaban J connectivity index is 0. The second-order valence-electron chi connectivity index (χ2n) is 5.15. The topological polar surface area (TPSA) is 118 Å². The fraction of sp³-hybridized carbons (Fsp3) is 0.533. The number of amides is 1. The minimum Gasteiger partial charge on any atom is -0.412 e. The summed E-state index contributed by atoms with van der Waals surface area (Å²) in [7, 11) is 1.86. The van der Waals surface area contributed by atoms with E-state index in [4.69, 9.17) is 0 Å². The fourth-order valence-electron chi connectivity index (χ4n) is 2.43. The Kier molecular flexibility index (Phi) is 12.3. The Labute approximate surface area is 140 Å². The van der Waals surface area contributed by atoms with Crippen LogP contribution < -0.4 is 9.30 Å².